The van der Waals surface area contributed by atoms with Crippen LogP contribution in [0.1, 0.15) is 22.5 Å². The van der Waals surface area contributed by atoms with Gasteiger partial charge in [-0.15, -0.1) is 0 Å². The fourth-order valence-electron chi connectivity index (χ4n) is 2.61. The summed E-state index contributed by atoms with van der Waals surface area (Å²) in [6.07, 6.45) is 1.74. The highest BCUT2D eigenvalue weighted by molar-refractivity contribution is 5.95. The molecule has 128 valence electrons. The molecule has 5 nitrogen and oxygen atoms in total. The largest absolute Gasteiger partial charge is 0.451 e. The normalized spacial score (nSPS) is 10.6. The molecule has 0 fully saturated rings. The molecule has 25 heavy (non-hydrogen) atoms. The minimum Gasteiger partial charge on any atom is -0.451 e. The van der Waals surface area contributed by atoms with E-state index in [1.54, 1.807) is 6.07 Å². The van der Waals surface area contributed by atoms with Crippen molar-refractivity contribution in [1.29, 1.82) is 0 Å². The van der Waals surface area contributed by atoms with Gasteiger partial charge in [-0.05, 0) is 30.5 Å². The first-order valence-corrected chi connectivity index (χ1v) is 8.28. The second-order valence-corrected chi connectivity index (χ2v) is 5.79. The van der Waals surface area contributed by atoms with Gasteiger partial charge < -0.3 is 15.0 Å². The number of aromatic amines is 1. The number of H-pyrrole nitrogens is 1. The van der Waals surface area contributed by atoms with Gasteiger partial charge in [-0.1, -0.05) is 48.5 Å². The number of amides is 1. The average molecular weight is 336 g/mol. The minimum atomic E-state index is -0.532. The summed E-state index contributed by atoms with van der Waals surface area (Å²) in [5, 5.41) is 3.69. The number of hydrogen-bond donors (Lipinski definition) is 2. The summed E-state index contributed by atoms with van der Waals surface area (Å²) in [6.45, 7) is 0.275. The van der Waals surface area contributed by atoms with E-state index in [4.69, 9.17) is 4.74 Å². The van der Waals surface area contributed by atoms with Gasteiger partial charge in [-0.25, -0.2) is 4.79 Å². The average Bonchev–Trinajstić information content (AvgIpc) is 3.08. The second kappa shape index (κ2) is 8.15. The molecule has 2 aromatic carbocycles. The molecule has 0 aliphatic carbocycles. The zero-order valence-electron chi connectivity index (χ0n) is 13.8. The van der Waals surface area contributed by atoms with Crippen LogP contribution in [0, 0.1) is 0 Å². The van der Waals surface area contributed by atoms with Gasteiger partial charge in [-0.2, -0.15) is 0 Å². The Morgan fingerprint density at radius 2 is 1.76 bits per heavy atom. The number of carbonyl (C=O) groups excluding carboxylic acids is 2. The van der Waals surface area contributed by atoms with Crippen LogP contribution in [0.5, 0.6) is 0 Å². The molecule has 0 aliphatic heterocycles. The fraction of sp³-hybridized carbons (Fsp3) is 0.200. The molecular formula is C20H20N2O3. The Hall–Kier alpha value is -3.08. The summed E-state index contributed by atoms with van der Waals surface area (Å²) in [7, 11) is 0. The highest BCUT2D eigenvalue weighted by atomic mass is 16.5. The third-order valence-corrected chi connectivity index (χ3v) is 3.89. The van der Waals surface area contributed by atoms with Gasteiger partial charge in [0.1, 0.15) is 5.69 Å². The van der Waals surface area contributed by atoms with Crippen LogP contribution in [0.3, 0.4) is 0 Å². The lowest BCUT2D eigenvalue weighted by molar-refractivity contribution is -0.124. The molecule has 2 N–H and O–H groups in total. The van der Waals surface area contributed by atoms with Gasteiger partial charge in [-0.3, -0.25) is 4.79 Å². The molecular weight excluding hydrogens is 316 g/mol. The molecule has 0 aliphatic rings. The second-order valence-electron chi connectivity index (χ2n) is 5.79. The zero-order chi connectivity index (χ0) is 17.5. The van der Waals surface area contributed by atoms with Crippen molar-refractivity contribution >= 4 is 22.8 Å². The summed E-state index contributed by atoms with van der Waals surface area (Å²) >= 11 is 0. The van der Waals surface area contributed by atoms with Crippen molar-refractivity contribution in [2.75, 3.05) is 13.2 Å². The predicted octanol–water partition coefficient (Wildman–Crippen LogP) is 3.07. The Labute approximate surface area is 146 Å². The molecule has 0 bridgehead atoms. The van der Waals surface area contributed by atoms with Gasteiger partial charge in [0.2, 0.25) is 0 Å². The van der Waals surface area contributed by atoms with Crippen molar-refractivity contribution < 1.29 is 14.3 Å². The number of carbonyl (C=O) groups is 2. The molecule has 5 heteroatoms. The molecule has 0 radical (unpaired) electrons. The lowest BCUT2D eigenvalue weighted by atomic mass is 10.1. The van der Waals surface area contributed by atoms with Crippen LogP contribution in [-0.4, -0.2) is 30.0 Å². The number of aromatic nitrogens is 1. The summed E-state index contributed by atoms with van der Waals surface area (Å²) in [5.41, 5.74) is 2.44. The maximum absolute atomic E-state index is 12.0. The summed E-state index contributed by atoms with van der Waals surface area (Å²) < 4.78 is 5.05. The first-order valence-electron chi connectivity index (χ1n) is 8.28. The lowest BCUT2D eigenvalue weighted by Gasteiger charge is -2.06. The van der Waals surface area contributed by atoms with Crippen LogP contribution in [-0.2, 0) is 16.0 Å². The van der Waals surface area contributed by atoms with E-state index < -0.39 is 5.97 Å². The number of benzene rings is 2. The van der Waals surface area contributed by atoms with E-state index in [9.17, 15) is 9.59 Å². The van der Waals surface area contributed by atoms with Crippen LogP contribution in [0.4, 0.5) is 0 Å². The maximum Gasteiger partial charge on any atom is 0.355 e. The maximum atomic E-state index is 12.0. The molecule has 0 unspecified atom stereocenters. The number of esters is 1. The first kappa shape index (κ1) is 16.8. The SMILES string of the molecule is O=C(COC(=O)c1cc2ccccc2[nH]1)NCCCc1ccccc1. The zero-order valence-corrected chi connectivity index (χ0v) is 13.8. The van der Waals surface area contributed by atoms with E-state index in [-0.39, 0.29) is 12.5 Å². The minimum absolute atomic E-state index is 0.278. The van der Waals surface area contributed by atoms with Gasteiger partial charge in [0.15, 0.2) is 6.61 Å². The standard InChI is InChI=1S/C20H20N2O3/c23-19(21-12-6-9-15-7-2-1-3-8-15)14-25-20(24)18-13-16-10-4-5-11-17(16)22-18/h1-5,7-8,10-11,13,22H,6,9,12,14H2,(H,21,23). The van der Waals surface area contributed by atoms with Crippen LogP contribution in [0.25, 0.3) is 10.9 Å². The highest BCUT2D eigenvalue weighted by Crippen LogP contribution is 2.15. The van der Waals surface area contributed by atoms with Crippen molar-refractivity contribution in [3.63, 3.8) is 0 Å². The third kappa shape index (κ3) is 4.70. The number of fused-ring (bicyclic) bond motifs is 1. The Morgan fingerprint density at radius 3 is 2.56 bits per heavy atom. The Kier molecular flexibility index (Phi) is 5.46. The van der Waals surface area contributed by atoms with Crippen LogP contribution < -0.4 is 5.32 Å². The smallest absolute Gasteiger partial charge is 0.355 e. The molecule has 3 rings (SSSR count). The van der Waals surface area contributed by atoms with Crippen molar-refractivity contribution in [1.82, 2.24) is 10.3 Å². The van der Waals surface area contributed by atoms with Crippen LogP contribution >= 0.6 is 0 Å². The summed E-state index contributed by atoms with van der Waals surface area (Å²) in [4.78, 5) is 26.7. The molecule has 1 amide bonds. The number of hydrogen-bond acceptors (Lipinski definition) is 3. The van der Waals surface area contributed by atoms with E-state index in [1.165, 1.54) is 5.56 Å². The van der Waals surface area contributed by atoms with Crippen molar-refractivity contribution in [2.24, 2.45) is 0 Å². The Bertz CT molecular complexity index is 823. The molecule has 0 saturated heterocycles. The molecule has 3 aromatic rings. The number of nitrogens with one attached hydrogen (secondary N) is 2. The summed E-state index contributed by atoms with van der Waals surface area (Å²) in [6, 6.07) is 19.4. The Morgan fingerprint density at radius 1 is 1.00 bits per heavy atom. The van der Waals surface area contributed by atoms with Gasteiger partial charge in [0.05, 0.1) is 0 Å². The van der Waals surface area contributed by atoms with Crippen molar-refractivity contribution in [3.05, 3.63) is 71.9 Å². The molecule has 1 aromatic heterocycles. The summed E-state index contributed by atoms with van der Waals surface area (Å²) in [5.74, 6) is -0.826. The number of para-hydroxylation sites is 1. The van der Waals surface area contributed by atoms with E-state index in [0.29, 0.717) is 12.2 Å². The van der Waals surface area contributed by atoms with E-state index in [1.807, 2.05) is 42.5 Å². The van der Waals surface area contributed by atoms with E-state index in [0.717, 1.165) is 23.7 Å². The van der Waals surface area contributed by atoms with Crippen LogP contribution in [0.15, 0.2) is 60.7 Å². The van der Waals surface area contributed by atoms with E-state index in [2.05, 4.69) is 22.4 Å². The van der Waals surface area contributed by atoms with Crippen LogP contribution in [0.2, 0.25) is 0 Å². The molecule has 1 heterocycles. The molecule has 0 spiro atoms. The molecule has 0 atom stereocenters. The lowest BCUT2D eigenvalue weighted by Crippen LogP contribution is -2.29. The van der Waals surface area contributed by atoms with Crippen molar-refractivity contribution in [2.45, 2.75) is 12.8 Å². The Balaban J connectivity index is 1.39. The predicted molar refractivity (Wildman–Crippen MR) is 96.4 cm³/mol. The monoisotopic (exact) mass is 336 g/mol. The fourth-order valence-corrected chi connectivity index (χ4v) is 2.61. The van der Waals surface area contributed by atoms with Gasteiger partial charge in [0.25, 0.3) is 5.91 Å². The van der Waals surface area contributed by atoms with Crippen molar-refractivity contribution in [3.8, 4) is 0 Å². The highest BCUT2D eigenvalue weighted by Gasteiger charge is 2.12. The number of aryl methyl sites for hydroxylation is 1. The van der Waals surface area contributed by atoms with Gasteiger partial charge in [0, 0.05) is 17.4 Å². The first-order chi connectivity index (χ1) is 12.2. The number of ether oxygens (including phenoxy) is 1. The number of rotatable bonds is 7. The van der Waals surface area contributed by atoms with Gasteiger partial charge >= 0.3 is 5.97 Å². The topological polar surface area (TPSA) is 71.2 Å². The van der Waals surface area contributed by atoms with E-state index >= 15 is 0 Å². The molecule has 0 saturated carbocycles. The third-order valence-electron chi connectivity index (χ3n) is 3.89. The quantitative estimate of drug-likeness (QED) is 0.514.